The average Bonchev–Trinajstić information content (AvgIpc) is 1.89. The SMILES string of the molecule is CCOCCC(=O)NC. The molecule has 0 aromatic carbocycles. The van der Waals surface area contributed by atoms with Crippen LogP contribution in [0, 0.1) is 0 Å². The number of rotatable bonds is 4. The highest BCUT2D eigenvalue weighted by atomic mass is 16.5. The number of carbonyl (C=O) groups excluding carboxylic acids is 1. The van der Waals surface area contributed by atoms with Gasteiger partial charge >= 0.3 is 0 Å². The van der Waals surface area contributed by atoms with Crippen molar-refractivity contribution in [3.8, 4) is 0 Å². The molecule has 0 saturated carbocycles. The fourth-order valence-corrected chi connectivity index (χ4v) is 0.434. The zero-order valence-electron chi connectivity index (χ0n) is 5.94. The summed E-state index contributed by atoms with van der Waals surface area (Å²) >= 11 is 0. The van der Waals surface area contributed by atoms with Gasteiger partial charge in [-0.2, -0.15) is 0 Å². The fraction of sp³-hybridized carbons (Fsp3) is 0.833. The molecule has 0 fully saturated rings. The molecule has 3 nitrogen and oxygen atoms in total. The maximum atomic E-state index is 10.5. The van der Waals surface area contributed by atoms with Crippen molar-refractivity contribution in [3.05, 3.63) is 0 Å². The second-order valence-electron chi connectivity index (χ2n) is 1.62. The van der Waals surface area contributed by atoms with Gasteiger partial charge in [-0.05, 0) is 6.92 Å². The lowest BCUT2D eigenvalue weighted by atomic mass is 10.4. The molecule has 3 heteroatoms. The van der Waals surface area contributed by atoms with Gasteiger partial charge in [0.2, 0.25) is 5.91 Å². The van der Waals surface area contributed by atoms with Gasteiger partial charge in [0.1, 0.15) is 0 Å². The fourth-order valence-electron chi connectivity index (χ4n) is 0.434. The predicted octanol–water partition coefficient (Wildman–Crippen LogP) is 0.159. The highest BCUT2D eigenvalue weighted by molar-refractivity contribution is 5.75. The molecule has 0 radical (unpaired) electrons. The highest BCUT2D eigenvalue weighted by Crippen LogP contribution is 1.80. The Hall–Kier alpha value is -0.570. The van der Waals surface area contributed by atoms with Crippen LogP contribution in [0.3, 0.4) is 0 Å². The molecule has 0 bridgehead atoms. The standard InChI is InChI=1S/C6H13NO2/c1-3-9-5-4-6(8)7-2/h3-5H2,1-2H3,(H,7,8). The van der Waals surface area contributed by atoms with E-state index in [0.717, 1.165) is 0 Å². The Morgan fingerprint density at radius 2 is 2.33 bits per heavy atom. The molecule has 1 N–H and O–H groups in total. The molecule has 0 aliphatic carbocycles. The van der Waals surface area contributed by atoms with Gasteiger partial charge in [-0.15, -0.1) is 0 Å². The topological polar surface area (TPSA) is 38.3 Å². The lowest BCUT2D eigenvalue weighted by Gasteiger charge is -1.98. The van der Waals surface area contributed by atoms with Gasteiger partial charge in [0.15, 0.2) is 0 Å². The van der Waals surface area contributed by atoms with Crippen LogP contribution < -0.4 is 5.32 Å². The van der Waals surface area contributed by atoms with Gasteiger partial charge in [-0.25, -0.2) is 0 Å². The summed E-state index contributed by atoms with van der Waals surface area (Å²) in [7, 11) is 1.62. The number of carbonyl (C=O) groups is 1. The number of nitrogens with one attached hydrogen (secondary N) is 1. The van der Waals surface area contributed by atoms with Crippen LogP contribution in [-0.2, 0) is 9.53 Å². The number of ether oxygens (including phenoxy) is 1. The van der Waals surface area contributed by atoms with Gasteiger partial charge in [-0.3, -0.25) is 4.79 Å². The molecule has 0 unspecified atom stereocenters. The van der Waals surface area contributed by atoms with E-state index in [2.05, 4.69) is 5.32 Å². The Kier molecular flexibility index (Phi) is 5.21. The second-order valence-corrected chi connectivity index (χ2v) is 1.62. The molecule has 0 heterocycles. The number of amides is 1. The zero-order chi connectivity index (χ0) is 7.11. The lowest BCUT2D eigenvalue weighted by molar-refractivity contribution is -0.121. The Morgan fingerprint density at radius 1 is 1.67 bits per heavy atom. The molecule has 9 heavy (non-hydrogen) atoms. The molecule has 0 rings (SSSR count). The first kappa shape index (κ1) is 8.43. The molecule has 0 aromatic heterocycles. The Balaban J connectivity index is 2.97. The zero-order valence-corrected chi connectivity index (χ0v) is 5.94. The first-order valence-corrected chi connectivity index (χ1v) is 3.09. The summed E-state index contributed by atoms with van der Waals surface area (Å²) in [6, 6.07) is 0. The molecule has 0 aliphatic rings. The monoisotopic (exact) mass is 131 g/mol. The van der Waals surface area contributed by atoms with E-state index in [1.165, 1.54) is 0 Å². The van der Waals surface area contributed by atoms with Gasteiger partial charge in [0.25, 0.3) is 0 Å². The van der Waals surface area contributed by atoms with Crippen LogP contribution in [0.1, 0.15) is 13.3 Å². The van der Waals surface area contributed by atoms with Crippen LogP contribution in [0.2, 0.25) is 0 Å². The van der Waals surface area contributed by atoms with Crippen molar-refractivity contribution >= 4 is 5.91 Å². The lowest BCUT2D eigenvalue weighted by Crippen LogP contribution is -2.19. The van der Waals surface area contributed by atoms with Crippen molar-refractivity contribution in [3.63, 3.8) is 0 Å². The van der Waals surface area contributed by atoms with Crippen molar-refractivity contribution in [1.29, 1.82) is 0 Å². The smallest absolute Gasteiger partial charge is 0.222 e. The minimum absolute atomic E-state index is 0.0310. The van der Waals surface area contributed by atoms with Gasteiger partial charge in [0.05, 0.1) is 6.61 Å². The van der Waals surface area contributed by atoms with E-state index in [1.807, 2.05) is 6.92 Å². The number of hydrogen-bond donors (Lipinski definition) is 1. The molecule has 54 valence electrons. The summed E-state index contributed by atoms with van der Waals surface area (Å²) in [5, 5.41) is 2.50. The van der Waals surface area contributed by atoms with Crippen molar-refractivity contribution in [1.82, 2.24) is 5.32 Å². The molecule has 0 spiro atoms. The van der Waals surface area contributed by atoms with Crippen molar-refractivity contribution in [2.45, 2.75) is 13.3 Å². The minimum atomic E-state index is 0.0310. The van der Waals surface area contributed by atoms with Crippen LogP contribution in [0.15, 0.2) is 0 Å². The molecule has 0 atom stereocenters. The predicted molar refractivity (Wildman–Crippen MR) is 35.2 cm³/mol. The summed E-state index contributed by atoms with van der Waals surface area (Å²) < 4.78 is 4.95. The van der Waals surface area contributed by atoms with Crippen molar-refractivity contribution in [2.24, 2.45) is 0 Å². The van der Waals surface area contributed by atoms with E-state index >= 15 is 0 Å². The normalized spacial score (nSPS) is 9.11. The largest absolute Gasteiger partial charge is 0.381 e. The van der Waals surface area contributed by atoms with E-state index in [1.54, 1.807) is 7.05 Å². The Morgan fingerprint density at radius 3 is 2.78 bits per heavy atom. The summed E-state index contributed by atoms with van der Waals surface area (Å²) in [6.07, 6.45) is 0.463. The third-order valence-electron chi connectivity index (χ3n) is 0.956. The van der Waals surface area contributed by atoms with Crippen LogP contribution in [0.4, 0.5) is 0 Å². The van der Waals surface area contributed by atoms with Crippen LogP contribution >= 0.6 is 0 Å². The van der Waals surface area contributed by atoms with Crippen LogP contribution in [0.25, 0.3) is 0 Å². The molecule has 0 aliphatic heterocycles. The van der Waals surface area contributed by atoms with Crippen LogP contribution in [-0.4, -0.2) is 26.2 Å². The van der Waals surface area contributed by atoms with Crippen LogP contribution in [0.5, 0.6) is 0 Å². The summed E-state index contributed by atoms with van der Waals surface area (Å²) in [6.45, 7) is 3.11. The maximum absolute atomic E-state index is 10.5. The number of hydrogen-bond acceptors (Lipinski definition) is 2. The molecule has 0 saturated heterocycles. The first-order valence-electron chi connectivity index (χ1n) is 3.09. The van der Waals surface area contributed by atoms with E-state index in [-0.39, 0.29) is 5.91 Å². The summed E-state index contributed by atoms with van der Waals surface area (Å²) in [5.41, 5.74) is 0. The first-order chi connectivity index (χ1) is 4.31. The third-order valence-corrected chi connectivity index (χ3v) is 0.956. The van der Waals surface area contributed by atoms with E-state index in [0.29, 0.717) is 19.6 Å². The Labute approximate surface area is 55.4 Å². The molecular weight excluding hydrogens is 118 g/mol. The van der Waals surface area contributed by atoms with E-state index in [4.69, 9.17) is 4.74 Å². The molecule has 0 aromatic rings. The quantitative estimate of drug-likeness (QED) is 0.552. The average molecular weight is 131 g/mol. The van der Waals surface area contributed by atoms with Crippen molar-refractivity contribution < 1.29 is 9.53 Å². The minimum Gasteiger partial charge on any atom is -0.381 e. The second kappa shape index (κ2) is 5.56. The molecular formula is C6H13NO2. The van der Waals surface area contributed by atoms with Gasteiger partial charge < -0.3 is 10.1 Å². The van der Waals surface area contributed by atoms with Crippen molar-refractivity contribution in [2.75, 3.05) is 20.3 Å². The van der Waals surface area contributed by atoms with Gasteiger partial charge in [-0.1, -0.05) is 0 Å². The third kappa shape index (κ3) is 5.30. The molecule has 1 amide bonds. The highest BCUT2D eigenvalue weighted by Gasteiger charge is 1.94. The van der Waals surface area contributed by atoms with E-state index in [9.17, 15) is 4.79 Å². The summed E-state index contributed by atoms with van der Waals surface area (Å²) in [4.78, 5) is 10.5. The summed E-state index contributed by atoms with van der Waals surface area (Å²) in [5.74, 6) is 0.0310. The van der Waals surface area contributed by atoms with E-state index < -0.39 is 0 Å². The Bertz CT molecular complexity index is 83.1. The van der Waals surface area contributed by atoms with Gasteiger partial charge in [0, 0.05) is 20.1 Å². The maximum Gasteiger partial charge on any atom is 0.222 e.